The summed E-state index contributed by atoms with van der Waals surface area (Å²) in [6.45, 7) is 5.19. The van der Waals surface area contributed by atoms with Crippen molar-refractivity contribution in [2.75, 3.05) is 41.8 Å². The molecule has 29 heavy (non-hydrogen) atoms. The Bertz CT molecular complexity index is 982. The first-order valence-corrected chi connectivity index (χ1v) is 9.72. The lowest BCUT2D eigenvalue weighted by atomic mass is 10.2. The van der Waals surface area contributed by atoms with Crippen molar-refractivity contribution in [2.24, 2.45) is 0 Å². The molecule has 2 N–H and O–H groups in total. The van der Waals surface area contributed by atoms with Gasteiger partial charge in [0.2, 0.25) is 0 Å². The van der Waals surface area contributed by atoms with Crippen LogP contribution in [0.1, 0.15) is 16.1 Å². The van der Waals surface area contributed by atoms with Gasteiger partial charge in [-0.3, -0.25) is 9.78 Å². The van der Waals surface area contributed by atoms with Crippen LogP contribution < -0.4 is 15.5 Å². The second-order valence-electron chi connectivity index (χ2n) is 6.99. The Labute approximate surface area is 170 Å². The number of hydrogen-bond donors (Lipinski definition) is 2. The van der Waals surface area contributed by atoms with Gasteiger partial charge in [0, 0.05) is 30.7 Å². The van der Waals surface area contributed by atoms with Crippen LogP contribution in [0.5, 0.6) is 0 Å². The van der Waals surface area contributed by atoms with Crippen molar-refractivity contribution in [3.8, 4) is 0 Å². The molecule has 1 aromatic heterocycles. The Morgan fingerprint density at radius 2 is 1.76 bits per heavy atom. The molecule has 0 unspecified atom stereocenters. The van der Waals surface area contributed by atoms with Gasteiger partial charge in [-0.05, 0) is 43.3 Å². The van der Waals surface area contributed by atoms with Gasteiger partial charge in [0.25, 0.3) is 5.91 Å². The van der Waals surface area contributed by atoms with E-state index in [1.807, 2.05) is 55.5 Å². The number of nitrogens with one attached hydrogen (secondary N) is 2. The summed E-state index contributed by atoms with van der Waals surface area (Å²) in [7, 11) is 0. The summed E-state index contributed by atoms with van der Waals surface area (Å²) < 4.78 is 5.46. The standard InChI is InChI=1S/C23H24N4O2/c1-17-6-8-18(9-7-17)26-23(28)21-16-19(10-11-24-21)25-20-4-2-3-5-22(20)27-12-14-29-15-13-27/h2-11,16H,12-15H2,1H3,(H,24,25)(H,26,28). The number of carbonyl (C=O) groups is 1. The van der Waals surface area contributed by atoms with E-state index in [1.165, 1.54) is 0 Å². The Kier molecular flexibility index (Phi) is 5.72. The third-order valence-corrected chi connectivity index (χ3v) is 4.84. The number of amides is 1. The van der Waals surface area contributed by atoms with Crippen LogP contribution in [0.4, 0.5) is 22.7 Å². The fraction of sp³-hybridized carbons (Fsp3) is 0.217. The number of pyridine rings is 1. The molecule has 148 valence electrons. The molecule has 0 radical (unpaired) electrons. The number of aromatic nitrogens is 1. The maximum atomic E-state index is 12.6. The van der Waals surface area contributed by atoms with E-state index >= 15 is 0 Å². The maximum absolute atomic E-state index is 12.6. The van der Waals surface area contributed by atoms with E-state index in [0.717, 1.165) is 54.6 Å². The zero-order valence-electron chi connectivity index (χ0n) is 16.4. The highest BCUT2D eigenvalue weighted by Gasteiger charge is 2.15. The van der Waals surface area contributed by atoms with Crippen LogP contribution in [0.3, 0.4) is 0 Å². The highest BCUT2D eigenvalue weighted by atomic mass is 16.5. The van der Waals surface area contributed by atoms with Gasteiger partial charge in [0.05, 0.1) is 24.6 Å². The molecule has 1 saturated heterocycles. The normalized spacial score (nSPS) is 13.8. The van der Waals surface area contributed by atoms with Crippen LogP contribution in [0, 0.1) is 6.92 Å². The molecule has 0 atom stereocenters. The molecule has 0 spiro atoms. The number of ether oxygens (including phenoxy) is 1. The van der Waals surface area contributed by atoms with Crippen molar-refractivity contribution in [3.63, 3.8) is 0 Å². The van der Waals surface area contributed by atoms with E-state index in [4.69, 9.17) is 4.74 Å². The van der Waals surface area contributed by atoms with Crippen LogP contribution in [-0.4, -0.2) is 37.2 Å². The molecule has 0 aliphatic carbocycles. The minimum Gasteiger partial charge on any atom is -0.378 e. The van der Waals surface area contributed by atoms with Crippen molar-refractivity contribution in [1.82, 2.24) is 4.98 Å². The van der Waals surface area contributed by atoms with Gasteiger partial charge in [0.15, 0.2) is 0 Å². The minimum atomic E-state index is -0.237. The topological polar surface area (TPSA) is 66.5 Å². The van der Waals surface area contributed by atoms with Crippen molar-refractivity contribution in [3.05, 3.63) is 78.1 Å². The summed E-state index contributed by atoms with van der Waals surface area (Å²) in [5.41, 5.74) is 5.18. The lowest BCUT2D eigenvalue weighted by molar-refractivity contribution is 0.102. The summed E-state index contributed by atoms with van der Waals surface area (Å²) in [6, 6.07) is 19.5. The molecule has 2 aromatic carbocycles. The number of para-hydroxylation sites is 2. The largest absolute Gasteiger partial charge is 0.378 e. The van der Waals surface area contributed by atoms with Gasteiger partial charge in [0.1, 0.15) is 5.69 Å². The third-order valence-electron chi connectivity index (χ3n) is 4.84. The molecule has 6 heteroatoms. The molecule has 3 aromatic rings. The number of hydrogen-bond acceptors (Lipinski definition) is 5. The number of anilines is 4. The number of rotatable bonds is 5. The first-order valence-electron chi connectivity index (χ1n) is 9.72. The molecular formula is C23H24N4O2. The Morgan fingerprint density at radius 3 is 2.55 bits per heavy atom. The second kappa shape index (κ2) is 8.75. The average molecular weight is 388 g/mol. The molecule has 1 fully saturated rings. The highest BCUT2D eigenvalue weighted by Crippen LogP contribution is 2.29. The number of carbonyl (C=O) groups excluding carboxylic acids is 1. The monoisotopic (exact) mass is 388 g/mol. The van der Waals surface area contributed by atoms with Gasteiger partial charge in [-0.1, -0.05) is 29.8 Å². The van der Waals surface area contributed by atoms with Crippen molar-refractivity contribution >= 4 is 28.7 Å². The summed E-state index contributed by atoms with van der Waals surface area (Å²) in [6.07, 6.45) is 1.64. The third kappa shape index (κ3) is 4.73. The predicted molar refractivity (Wildman–Crippen MR) is 116 cm³/mol. The number of morpholine rings is 1. The van der Waals surface area contributed by atoms with Crippen molar-refractivity contribution in [1.29, 1.82) is 0 Å². The number of aryl methyl sites for hydroxylation is 1. The lowest BCUT2D eigenvalue weighted by Crippen LogP contribution is -2.36. The fourth-order valence-electron chi connectivity index (χ4n) is 3.28. The molecule has 1 amide bonds. The fourth-order valence-corrected chi connectivity index (χ4v) is 3.28. The number of nitrogens with zero attached hydrogens (tertiary/aromatic N) is 2. The van der Waals surface area contributed by atoms with E-state index in [1.54, 1.807) is 12.3 Å². The minimum absolute atomic E-state index is 0.237. The molecule has 0 saturated carbocycles. The van der Waals surface area contributed by atoms with E-state index in [-0.39, 0.29) is 5.91 Å². The van der Waals surface area contributed by atoms with E-state index in [0.29, 0.717) is 5.69 Å². The van der Waals surface area contributed by atoms with Crippen molar-refractivity contribution in [2.45, 2.75) is 6.92 Å². The van der Waals surface area contributed by atoms with Gasteiger partial charge in [-0.2, -0.15) is 0 Å². The second-order valence-corrected chi connectivity index (χ2v) is 6.99. The Morgan fingerprint density at radius 1 is 1.00 bits per heavy atom. The lowest BCUT2D eigenvalue weighted by Gasteiger charge is -2.30. The molecule has 0 bridgehead atoms. The van der Waals surface area contributed by atoms with Crippen molar-refractivity contribution < 1.29 is 9.53 Å². The van der Waals surface area contributed by atoms with Gasteiger partial charge < -0.3 is 20.3 Å². The predicted octanol–water partition coefficient (Wildman–Crippen LogP) is 4.22. The van der Waals surface area contributed by atoms with E-state index in [2.05, 4.69) is 26.6 Å². The molecule has 6 nitrogen and oxygen atoms in total. The van der Waals surface area contributed by atoms with Gasteiger partial charge in [-0.15, -0.1) is 0 Å². The molecule has 1 aliphatic rings. The Balaban J connectivity index is 1.51. The summed E-state index contributed by atoms with van der Waals surface area (Å²) in [5.74, 6) is -0.237. The zero-order valence-corrected chi connectivity index (χ0v) is 16.4. The van der Waals surface area contributed by atoms with E-state index < -0.39 is 0 Å². The SMILES string of the molecule is Cc1ccc(NC(=O)c2cc(Nc3ccccc3N3CCOCC3)ccn2)cc1. The first kappa shape index (κ1) is 19.0. The molecule has 4 rings (SSSR count). The first-order chi connectivity index (χ1) is 14.2. The number of benzene rings is 2. The highest BCUT2D eigenvalue weighted by molar-refractivity contribution is 6.03. The average Bonchev–Trinajstić information content (AvgIpc) is 2.76. The van der Waals surface area contributed by atoms with Crippen LogP contribution in [-0.2, 0) is 4.74 Å². The Hall–Kier alpha value is -3.38. The van der Waals surface area contributed by atoms with Crippen LogP contribution in [0.15, 0.2) is 66.9 Å². The molecule has 2 heterocycles. The van der Waals surface area contributed by atoms with Gasteiger partial charge in [-0.25, -0.2) is 0 Å². The zero-order chi connectivity index (χ0) is 20.1. The summed E-state index contributed by atoms with van der Waals surface area (Å²) >= 11 is 0. The smallest absolute Gasteiger partial charge is 0.274 e. The van der Waals surface area contributed by atoms with E-state index in [9.17, 15) is 4.79 Å². The quantitative estimate of drug-likeness (QED) is 0.685. The molecular weight excluding hydrogens is 364 g/mol. The summed E-state index contributed by atoms with van der Waals surface area (Å²) in [5, 5.41) is 6.32. The van der Waals surface area contributed by atoms with Crippen LogP contribution >= 0.6 is 0 Å². The van der Waals surface area contributed by atoms with Crippen LogP contribution in [0.25, 0.3) is 0 Å². The maximum Gasteiger partial charge on any atom is 0.274 e. The van der Waals surface area contributed by atoms with Crippen LogP contribution in [0.2, 0.25) is 0 Å². The summed E-state index contributed by atoms with van der Waals surface area (Å²) in [4.78, 5) is 19.1. The van der Waals surface area contributed by atoms with Gasteiger partial charge >= 0.3 is 0 Å². The molecule has 1 aliphatic heterocycles.